The topological polar surface area (TPSA) is 38.7 Å². The van der Waals surface area contributed by atoms with Crippen molar-refractivity contribution in [3.63, 3.8) is 0 Å². The first-order chi connectivity index (χ1) is 8.26. The van der Waals surface area contributed by atoms with Crippen molar-refractivity contribution < 1.29 is 14.6 Å². The fourth-order valence-corrected chi connectivity index (χ4v) is 2.58. The van der Waals surface area contributed by atoms with E-state index in [1.165, 1.54) is 6.42 Å². The standard InChI is InChI=1S/C14H20O3/c1-16-13-8-7-10(9-14(13)17-2)11-5-3-4-6-12(11)15/h7-9,11-12,15H,3-6H2,1-2H3/t11-,12+/m0/s1. The van der Waals surface area contributed by atoms with Crippen molar-refractivity contribution in [2.24, 2.45) is 0 Å². The Morgan fingerprint density at radius 2 is 1.76 bits per heavy atom. The molecular formula is C14H20O3. The Morgan fingerprint density at radius 1 is 1.06 bits per heavy atom. The van der Waals surface area contributed by atoms with Gasteiger partial charge in [0.25, 0.3) is 0 Å². The first-order valence-electron chi connectivity index (χ1n) is 6.16. The first kappa shape index (κ1) is 12.2. The Labute approximate surface area is 102 Å². The number of aliphatic hydroxyl groups excluding tert-OH is 1. The van der Waals surface area contributed by atoms with Crippen LogP contribution in [0.2, 0.25) is 0 Å². The molecule has 3 nitrogen and oxygen atoms in total. The van der Waals surface area contributed by atoms with Crippen LogP contribution in [0.15, 0.2) is 18.2 Å². The third kappa shape index (κ3) is 2.55. The monoisotopic (exact) mass is 236 g/mol. The lowest BCUT2D eigenvalue weighted by atomic mass is 9.82. The Hall–Kier alpha value is -1.22. The highest BCUT2D eigenvalue weighted by molar-refractivity contribution is 5.44. The lowest BCUT2D eigenvalue weighted by Crippen LogP contribution is -2.22. The molecule has 94 valence electrons. The van der Waals surface area contributed by atoms with Crippen LogP contribution in [-0.4, -0.2) is 25.4 Å². The average molecular weight is 236 g/mol. The summed E-state index contributed by atoms with van der Waals surface area (Å²) in [6.45, 7) is 0. The van der Waals surface area contributed by atoms with Gasteiger partial charge in [-0.3, -0.25) is 0 Å². The highest BCUT2D eigenvalue weighted by atomic mass is 16.5. The molecule has 0 saturated heterocycles. The van der Waals surface area contributed by atoms with E-state index in [0.717, 1.165) is 36.3 Å². The number of hydrogen-bond acceptors (Lipinski definition) is 3. The summed E-state index contributed by atoms with van der Waals surface area (Å²) in [6.07, 6.45) is 4.05. The molecule has 1 aliphatic carbocycles. The number of aliphatic hydroxyl groups is 1. The molecule has 1 aliphatic rings. The van der Waals surface area contributed by atoms with Crippen molar-refractivity contribution in [3.8, 4) is 11.5 Å². The quantitative estimate of drug-likeness (QED) is 0.877. The van der Waals surface area contributed by atoms with E-state index in [-0.39, 0.29) is 12.0 Å². The molecule has 2 rings (SSSR count). The summed E-state index contributed by atoms with van der Waals surface area (Å²) in [6, 6.07) is 5.92. The van der Waals surface area contributed by atoms with Crippen LogP contribution in [0.4, 0.5) is 0 Å². The minimum absolute atomic E-state index is 0.221. The minimum atomic E-state index is -0.221. The summed E-state index contributed by atoms with van der Waals surface area (Å²) >= 11 is 0. The summed E-state index contributed by atoms with van der Waals surface area (Å²) in [5.74, 6) is 1.72. The highest BCUT2D eigenvalue weighted by Crippen LogP contribution is 2.37. The Morgan fingerprint density at radius 3 is 2.41 bits per heavy atom. The Bertz CT molecular complexity index is 376. The van der Waals surface area contributed by atoms with E-state index < -0.39 is 0 Å². The predicted octanol–water partition coefficient (Wildman–Crippen LogP) is 2.72. The SMILES string of the molecule is COc1ccc([C@@H]2CCCC[C@H]2O)cc1OC. The van der Waals surface area contributed by atoms with E-state index in [0.29, 0.717) is 0 Å². The van der Waals surface area contributed by atoms with Crippen LogP contribution in [0.1, 0.15) is 37.2 Å². The van der Waals surface area contributed by atoms with E-state index in [1.807, 2.05) is 18.2 Å². The van der Waals surface area contributed by atoms with Crippen molar-refractivity contribution >= 4 is 0 Å². The number of hydrogen-bond donors (Lipinski definition) is 1. The summed E-state index contributed by atoms with van der Waals surface area (Å²) in [7, 11) is 3.27. The van der Waals surface area contributed by atoms with Gasteiger partial charge >= 0.3 is 0 Å². The molecule has 0 amide bonds. The van der Waals surface area contributed by atoms with Crippen molar-refractivity contribution in [3.05, 3.63) is 23.8 Å². The Kier molecular flexibility index (Phi) is 3.89. The fraction of sp³-hybridized carbons (Fsp3) is 0.571. The molecule has 17 heavy (non-hydrogen) atoms. The average Bonchev–Trinajstić information content (AvgIpc) is 2.38. The molecule has 0 unspecified atom stereocenters. The molecular weight excluding hydrogens is 216 g/mol. The summed E-state index contributed by atoms with van der Waals surface area (Å²) in [5.41, 5.74) is 1.15. The van der Waals surface area contributed by atoms with Gasteiger partial charge in [-0.15, -0.1) is 0 Å². The molecule has 0 bridgehead atoms. The predicted molar refractivity (Wildman–Crippen MR) is 66.8 cm³/mol. The second-order valence-electron chi connectivity index (χ2n) is 4.57. The van der Waals surface area contributed by atoms with E-state index >= 15 is 0 Å². The zero-order valence-electron chi connectivity index (χ0n) is 10.5. The Balaban J connectivity index is 2.25. The molecule has 1 N–H and O–H groups in total. The van der Waals surface area contributed by atoms with Gasteiger partial charge in [-0.2, -0.15) is 0 Å². The van der Waals surface area contributed by atoms with Gasteiger partial charge in [-0.1, -0.05) is 18.9 Å². The molecule has 0 aromatic heterocycles. The van der Waals surface area contributed by atoms with Crippen LogP contribution in [0, 0.1) is 0 Å². The molecule has 1 saturated carbocycles. The van der Waals surface area contributed by atoms with Crippen LogP contribution in [0.5, 0.6) is 11.5 Å². The van der Waals surface area contributed by atoms with Crippen molar-refractivity contribution in [1.29, 1.82) is 0 Å². The maximum absolute atomic E-state index is 10.0. The summed E-state index contributed by atoms with van der Waals surface area (Å²) in [4.78, 5) is 0. The second kappa shape index (κ2) is 5.41. The molecule has 1 aromatic rings. The summed E-state index contributed by atoms with van der Waals surface area (Å²) < 4.78 is 10.5. The lowest BCUT2D eigenvalue weighted by Gasteiger charge is -2.28. The highest BCUT2D eigenvalue weighted by Gasteiger charge is 2.25. The molecule has 0 heterocycles. The minimum Gasteiger partial charge on any atom is -0.493 e. The number of rotatable bonds is 3. The van der Waals surface area contributed by atoms with Crippen LogP contribution in [-0.2, 0) is 0 Å². The van der Waals surface area contributed by atoms with Gasteiger partial charge in [-0.05, 0) is 30.5 Å². The zero-order valence-corrected chi connectivity index (χ0v) is 10.5. The zero-order chi connectivity index (χ0) is 12.3. The third-order valence-electron chi connectivity index (χ3n) is 3.57. The van der Waals surface area contributed by atoms with E-state index in [1.54, 1.807) is 14.2 Å². The van der Waals surface area contributed by atoms with Gasteiger partial charge in [0.15, 0.2) is 11.5 Å². The van der Waals surface area contributed by atoms with Crippen molar-refractivity contribution in [2.75, 3.05) is 14.2 Å². The number of benzene rings is 1. The van der Waals surface area contributed by atoms with Crippen LogP contribution in [0.25, 0.3) is 0 Å². The van der Waals surface area contributed by atoms with Gasteiger partial charge in [0.2, 0.25) is 0 Å². The van der Waals surface area contributed by atoms with Crippen molar-refractivity contribution in [1.82, 2.24) is 0 Å². The maximum atomic E-state index is 10.0. The van der Waals surface area contributed by atoms with Gasteiger partial charge in [0.1, 0.15) is 0 Å². The number of ether oxygens (including phenoxy) is 2. The van der Waals surface area contributed by atoms with Gasteiger partial charge in [0, 0.05) is 5.92 Å². The molecule has 1 aromatic carbocycles. The van der Waals surface area contributed by atoms with Gasteiger partial charge in [-0.25, -0.2) is 0 Å². The van der Waals surface area contributed by atoms with E-state index in [9.17, 15) is 5.11 Å². The molecule has 3 heteroatoms. The smallest absolute Gasteiger partial charge is 0.160 e. The van der Waals surface area contributed by atoms with Gasteiger partial charge < -0.3 is 14.6 Å². The second-order valence-corrected chi connectivity index (χ2v) is 4.57. The molecule has 0 spiro atoms. The van der Waals surface area contributed by atoms with Crippen molar-refractivity contribution in [2.45, 2.75) is 37.7 Å². The van der Waals surface area contributed by atoms with Crippen LogP contribution in [0.3, 0.4) is 0 Å². The van der Waals surface area contributed by atoms with E-state index in [4.69, 9.17) is 9.47 Å². The van der Waals surface area contributed by atoms with Crippen LogP contribution >= 0.6 is 0 Å². The van der Waals surface area contributed by atoms with E-state index in [2.05, 4.69) is 0 Å². The molecule has 1 fully saturated rings. The third-order valence-corrected chi connectivity index (χ3v) is 3.57. The first-order valence-corrected chi connectivity index (χ1v) is 6.16. The number of methoxy groups -OCH3 is 2. The van der Waals surface area contributed by atoms with Gasteiger partial charge in [0.05, 0.1) is 20.3 Å². The largest absolute Gasteiger partial charge is 0.493 e. The van der Waals surface area contributed by atoms with Crippen LogP contribution < -0.4 is 9.47 Å². The lowest BCUT2D eigenvalue weighted by molar-refractivity contribution is 0.106. The fourth-order valence-electron chi connectivity index (χ4n) is 2.58. The molecule has 0 aliphatic heterocycles. The maximum Gasteiger partial charge on any atom is 0.160 e. The molecule has 0 radical (unpaired) electrons. The summed E-state index contributed by atoms with van der Waals surface area (Å²) in [5, 5.41) is 10.0. The molecule has 2 atom stereocenters. The normalized spacial score (nSPS) is 24.4.